The average molecular weight is 287 g/mol. The molecule has 2 N–H and O–H groups in total. The number of hydrogen-bond donors (Lipinski definition) is 1. The van der Waals surface area contributed by atoms with E-state index >= 15 is 0 Å². The molecule has 0 atom stereocenters. The first-order chi connectivity index (χ1) is 8.81. The van der Waals surface area contributed by atoms with E-state index in [0.29, 0.717) is 18.0 Å². The lowest BCUT2D eigenvalue weighted by molar-refractivity contribution is 0.0529. The van der Waals surface area contributed by atoms with E-state index in [2.05, 4.69) is 0 Å². The van der Waals surface area contributed by atoms with Crippen LogP contribution in [0.1, 0.15) is 17.3 Å². The molecule has 1 aromatic rings. The molecule has 1 aromatic carbocycles. The van der Waals surface area contributed by atoms with E-state index in [9.17, 15) is 13.2 Å². The number of rotatable bonds is 6. The normalized spacial score (nSPS) is 11.1. The molecule has 0 fully saturated rings. The van der Waals surface area contributed by atoms with Gasteiger partial charge in [-0.1, -0.05) is 0 Å². The molecular weight excluding hydrogens is 270 g/mol. The second-order valence-electron chi connectivity index (χ2n) is 3.99. The molecule has 0 amide bonds. The van der Waals surface area contributed by atoms with Gasteiger partial charge in [0.1, 0.15) is 12.4 Å². The standard InChI is InChI=1S/C12H17NO5S/c1-3-17-11-7-9(6-10(13)8-11)12(14)18-4-5-19(2,15)16/h6-8H,3-5,13H2,1-2H3. The Balaban J connectivity index is 2.71. The fraction of sp³-hybridized carbons (Fsp3) is 0.417. The van der Waals surface area contributed by atoms with Gasteiger partial charge in [-0.25, -0.2) is 13.2 Å². The van der Waals surface area contributed by atoms with Crippen molar-refractivity contribution in [3.8, 4) is 5.75 Å². The quantitative estimate of drug-likeness (QED) is 0.616. The van der Waals surface area contributed by atoms with Crippen LogP contribution in [0.2, 0.25) is 0 Å². The van der Waals surface area contributed by atoms with Crippen molar-refractivity contribution in [3.05, 3.63) is 23.8 Å². The van der Waals surface area contributed by atoms with Crippen molar-refractivity contribution in [1.29, 1.82) is 0 Å². The minimum Gasteiger partial charge on any atom is -0.494 e. The summed E-state index contributed by atoms with van der Waals surface area (Å²) in [7, 11) is -3.15. The minimum atomic E-state index is -3.15. The fourth-order valence-corrected chi connectivity index (χ4v) is 1.75. The number of hydrogen-bond acceptors (Lipinski definition) is 6. The van der Waals surface area contributed by atoms with Crippen LogP contribution in [0.3, 0.4) is 0 Å². The Morgan fingerprint density at radius 2 is 2.00 bits per heavy atom. The molecule has 0 radical (unpaired) electrons. The highest BCUT2D eigenvalue weighted by molar-refractivity contribution is 7.90. The topological polar surface area (TPSA) is 95.7 Å². The zero-order valence-electron chi connectivity index (χ0n) is 10.9. The van der Waals surface area contributed by atoms with Crippen LogP contribution in [0, 0.1) is 0 Å². The molecule has 0 aliphatic carbocycles. The van der Waals surface area contributed by atoms with Crippen LogP contribution in [-0.2, 0) is 14.6 Å². The third-order valence-corrected chi connectivity index (χ3v) is 3.07. The maximum atomic E-state index is 11.7. The zero-order chi connectivity index (χ0) is 14.5. The number of nitrogens with two attached hydrogens (primary N) is 1. The van der Waals surface area contributed by atoms with Gasteiger partial charge in [-0.05, 0) is 19.1 Å². The molecule has 0 aliphatic rings. The summed E-state index contributed by atoms with van der Waals surface area (Å²) in [5.41, 5.74) is 6.25. The molecule has 0 spiro atoms. The molecular formula is C12H17NO5S. The summed E-state index contributed by atoms with van der Waals surface area (Å²) in [6, 6.07) is 4.55. The number of ether oxygens (including phenoxy) is 2. The smallest absolute Gasteiger partial charge is 0.338 e. The first-order valence-corrected chi connectivity index (χ1v) is 7.76. The number of sulfone groups is 1. The molecule has 0 heterocycles. The van der Waals surface area contributed by atoms with Gasteiger partial charge in [0.25, 0.3) is 0 Å². The van der Waals surface area contributed by atoms with Crippen molar-refractivity contribution in [1.82, 2.24) is 0 Å². The van der Waals surface area contributed by atoms with Gasteiger partial charge in [0, 0.05) is 18.0 Å². The molecule has 7 heteroatoms. The third-order valence-electron chi connectivity index (χ3n) is 2.16. The lowest BCUT2D eigenvalue weighted by Gasteiger charge is -2.08. The average Bonchev–Trinajstić information content (AvgIpc) is 2.26. The Labute approximate surface area is 112 Å². The van der Waals surface area contributed by atoms with E-state index in [-0.39, 0.29) is 17.9 Å². The van der Waals surface area contributed by atoms with E-state index in [1.165, 1.54) is 12.1 Å². The second-order valence-corrected chi connectivity index (χ2v) is 6.25. The first kappa shape index (κ1) is 15.3. The van der Waals surface area contributed by atoms with Gasteiger partial charge in [-0.2, -0.15) is 0 Å². The Bertz CT molecular complexity index is 553. The van der Waals surface area contributed by atoms with Crippen LogP contribution in [0.15, 0.2) is 18.2 Å². The number of benzene rings is 1. The Kier molecular flexibility index (Phi) is 5.17. The maximum absolute atomic E-state index is 11.7. The first-order valence-electron chi connectivity index (χ1n) is 5.70. The molecule has 0 unspecified atom stereocenters. The SMILES string of the molecule is CCOc1cc(N)cc(C(=O)OCCS(C)(=O)=O)c1. The van der Waals surface area contributed by atoms with Crippen LogP contribution in [-0.4, -0.2) is 39.6 Å². The van der Waals surface area contributed by atoms with Crippen molar-refractivity contribution >= 4 is 21.5 Å². The monoisotopic (exact) mass is 287 g/mol. The molecule has 0 bridgehead atoms. The highest BCUT2D eigenvalue weighted by Gasteiger charge is 2.11. The van der Waals surface area contributed by atoms with Crippen LogP contribution in [0.5, 0.6) is 5.75 Å². The fourth-order valence-electron chi connectivity index (χ4n) is 1.36. The number of anilines is 1. The Morgan fingerprint density at radius 1 is 1.32 bits per heavy atom. The van der Waals surface area contributed by atoms with Crippen molar-refractivity contribution in [2.75, 3.05) is 31.0 Å². The van der Waals surface area contributed by atoms with Crippen LogP contribution >= 0.6 is 0 Å². The molecule has 6 nitrogen and oxygen atoms in total. The molecule has 0 saturated carbocycles. The summed E-state index contributed by atoms with van der Waals surface area (Å²) in [4.78, 5) is 11.7. The highest BCUT2D eigenvalue weighted by atomic mass is 32.2. The van der Waals surface area contributed by atoms with E-state index in [1.807, 2.05) is 6.92 Å². The Morgan fingerprint density at radius 3 is 2.58 bits per heavy atom. The highest BCUT2D eigenvalue weighted by Crippen LogP contribution is 2.19. The van der Waals surface area contributed by atoms with Gasteiger partial charge in [0.2, 0.25) is 0 Å². The van der Waals surface area contributed by atoms with Gasteiger partial charge < -0.3 is 15.2 Å². The largest absolute Gasteiger partial charge is 0.494 e. The predicted octanol–water partition coefficient (Wildman–Crippen LogP) is 0.869. The van der Waals surface area contributed by atoms with Crippen LogP contribution < -0.4 is 10.5 Å². The lowest BCUT2D eigenvalue weighted by Crippen LogP contribution is -2.14. The number of nitrogen functional groups attached to an aromatic ring is 1. The van der Waals surface area contributed by atoms with Crippen LogP contribution in [0.25, 0.3) is 0 Å². The number of carbonyl (C=O) groups is 1. The summed E-state index contributed by atoms with van der Waals surface area (Å²) < 4.78 is 31.9. The number of carbonyl (C=O) groups excluding carboxylic acids is 1. The minimum absolute atomic E-state index is 0.184. The molecule has 1 rings (SSSR count). The molecule has 0 aliphatic heterocycles. The van der Waals surface area contributed by atoms with Gasteiger partial charge >= 0.3 is 5.97 Å². The van der Waals surface area contributed by atoms with Crippen molar-refractivity contribution in [2.45, 2.75) is 6.92 Å². The van der Waals surface area contributed by atoms with Gasteiger partial charge in [0.15, 0.2) is 9.84 Å². The second kappa shape index (κ2) is 6.42. The van der Waals surface area contributed by atoms with Crippen molar-refractivity contribution in [2.24, 2.45) is 0 Å². The van der Waals surface area contributed by atoms with E-state index in [1.54, 1.807) is 6.07 Å². The zero-order valence-corrected chi connectivity index (χ0v) is 11.7. The predicted molar refractivity (Wildman–Crippen MR) is 72.0 cm³/mol. The lowest BCUT2D eigenvalue weighted by atomic mass is 10.2. The van der Waals surface area contributed by atoms with E-state index in [4.69, 9.17) is 15.2 Å². The maximum Gasteiger partial charge on any atom is 0.338 e. The van der Waals surface area contributed by atoms with Crippen molar-refractivity contribution in [3.63, 3.8) is 0 Å². The van der Waals surface area contributed by atoms with Gasteiger partial charge in [-0.15, -0.1) is 0 Å². The summed E-state index contributed by atoms with van der Waals surface area (Å²) in [6.45, 7) is 2.08. The summed E-state index contributed by atoms with van der Waals surface area (Å²) in [5.74, 6) is -0.367. The summed E-state index contributed by atoms with van der Waals surface area (Å²) in [6.07, 6.45) is 1.08. The van der Waals surface area contributed by atoms with Crippen LogP contribution in [0.4, 0.5) is 5.69 Å². The molecule has 106 valence electrons. The van der Waals surface area contributed by atoms with Gasteiger partial charge in [0.05, 0.1) is 17.9 Å². The van der Waals surface area contributed by atoms with Crippen molar-refractivity contribution < 1.29 is 22.7 Å². The van der Waals surface area contributed by atoms with E-state index in [0.717, 1.165) is 6.26 Å². The molecule has 19 heavy (non-hydrogen) atoms. The summed E-state index contributed by atoms with van der Waals surface area (Å²) in [5, 5.41) is 0. The van der Waals surface area contributed by atoms with E-state index < -0.39 is 15.8 Å². The molecule has 0 saturated heterocycles. The van der Waals surface area contributed by atoms with Gasteiger partial charge in [-0.3, -0.25) is 0 Å². The number of esters is 1. The summed E-state index contributed by atoms with van der Waals surface area (Å²) >= 11 is 0. The molecule has 0 aromatic heterocycles. The third kappa shape index (κ3) is 5.60. The Hall–Kier alpha value is -1.76.